The van der Waals surface area contributed by atoms with Crippen molar-refractivity contribution in [3.8, 4) is 5.75 Å². The van der Waals surface area contributed by atoms with Crippen LogP contribution in [0.1, 0.15) is 12.5 Å². The first-order chi connectivity index (χ1) is 7.78. The summed E-state index contributed by atoms with van der Waals surface area (Å²) in [5, 5.41) is 9.26. The van der Waals surface area contributed by atoms with Gasteiger partial charge in [0.15, 0.2) is 0 Å². The van der Waals surface area contributed by atoms with Crippen LogP contribution in [0.25, 0.3) is 0 Å². The summed E-state index contributed by atoms with van der Waals surface area (Å²) in [6.07, 6.45) is 1.01. The van der Waals surface area contributed by atoms with Gasteiger partial charge in [-0.1, -0.05) is 19.1 Å². The van der Waals surface area contributed by atoms with Gasteiger partial charge in [0, 0.05) is 0 Å². The molecule has 1 heterocycles. The smallest absolute Gasteiger partial charge is 0.119 e. The molecule has 1 aromatic rings. The number of hydrogen-bond acceptors (Lipinski definition) is 3. The molecule has 0 atom stereocenters. The second-order valence-electron chi connectivity index (χ2n) is 4.44. The highest BCUT2D eigenvalue weighted by Gasteiger charge is 2.39. The third kappa shape index (κ3) is 2.36. The van der Waals surface area contributed by atoms with Gasteiger partial charge in [-0.15, -0.1) is 0 Å². The van der Waals surface area contributed by atoms with Gasteiger partial charge in [0.25, 0.3) is 0 Å². The first-order valence-corrected chi connectivity index (χ1v) is 5.68. The highest BCUT2D eigenvalue weighted by Crippen LogP contribution is 2.28. The van der Waals surface area contributed by atoms with E-state index < -0.39 is 0 Å². The highest BCUT2D eigenvalue weighted by atomic mass is 16.5. The highest BCUT2D eigenvalue weighted by molar-refractivity contribution is 5.28. The summed E-state index contributed by atoms with van der Waals surface area (Å²) in [5.41, 5.74) is 1.09. The summed E-state index contributed by atoms with van der Waals surface area (Å²) in [6, 6.07) is 8.08. The molecule has 0 saturated carbocycles. The predicted molar refractivity (Wildman–Crippen MR) is 61.7 cm³/mol. The van der Waals surface area contributed by atoms with Crippen LogP contribution in [-0.4, -0.2) is 31.5 Å². The zero-order valence-electron chi connectivity index (χ0n) is 9.61. The fourth-order valence-corrected chi connectivity index (χ4v) is 1.70. The third-order valence-electron chi connectivity index (χ3n) is 3.00. The fraction of sp³-hybridized carbons (Fsp3) is 0.538. The van der Waals surface area contributed by atoms with Crippen LogP contribution in [0, 0.1) is 5.41 Å². The molecule has 1 fully saturated rings. The Morgan fingerprint density at radius 1 is 1.44 bits per heavy atom. The molecule has 3 heteroatoms. The van der Waals surface area contributed by atoms with Gasteiger partial charge in [-0.05, 0) is 24.1 Å². The van der Waals surface area contributed by atoms with Crippen LogP contribution in [-0.2, 0) is 11.2 Å². The SMILES string of the molecule is CCc1cccc(OCC2(CO)COC2)c1. The first kappa shape index (κ1) is 11.4. The zero-order valence-corrected chi connectivity index (χ0v) is 9.61. The maximum atomic E-state index is 9.26. The fourth-order valence-electron chi connectivity index (χ4n) is 1.70. The topological polar surface area (TPSA) is 38.7 Å². The van der Waals surface area contributed by atoms with Gasteiger partial charge in [0.1, 0.15) is 12.4 Å². The molecule has 0 aliphatic carbocycles. The third-order valence-corrected chi connectivity index (χ3v) is 3.00. The van der Waals surface area contributed by atoms with Crippen LogP contribution in [0.15, 0.2) is 24.3 Å². The maximum absolute atomic E-state index is 9.26. The Kier molecular flexibility index (Phi) is 3.46. The van der Waals surface area contributed by atoms with Gasteiger partial charge < -0.3 is 14.6 Å². The monoisotopic (exact) mass is 222 g/mol. The van der Waals surface area contributed by atoms with Crippen molar-refractivity contribution >= 4 is 0 Å². The van der Waals surface area contributed by atoms with E-state index in [0.29, 0.717) is 19.8 Å². The molecule has 0 aromatic heterocycles. The van der Waals surface area contributed by atoms with Crippen LogP contribution >= 0.6 is 0 Å². The van der Waals surface area contributed by atoms with Crippen LogP contribution in [0.3, 0.4) is 0 Å². The summed E-state index contributed by atoms with van der Waals surface area (Å²) in [5.74, 6) is 0.874. The van der Waals surface area contributed by atoms with Gasteiger partial charge in [-0.2, -0.15) is 0 Å². The van der Waals surface area contributed by atoms with Crippen molar-refractivity contribution in [3.05, 3.63) is 29.8 Å². The molecule has 3 nitrogen and oxygen atoms in total. The van der Waals surface area contributed by atoms with Gasteiger partial charge in [-0.3, -0.25) is 0 Å². The number of ether oxygens (including phenoxy) is 2. The molecule has 1 saturated heterocycles. The molecule has 16 heavy (non-hydrogen) atoms. The van der Waals surface area contributed by atoms with E-state index in [1.807, 2.05) is 18.2 Å². The summed E-state index contributed by atoms with van der Waals surface area (Å²) in [6.45, 7) is 3.96. The van der Waals surface area contributed by atoms with Crippen LogP contribution < -0.4 is 4.74 Å². The van der Waals surface area contributed by atoms with E-state index in [4.69, 9.17) is 9.47 Å². The van der Waals surface area contributed by atoms with Gasteiger partial charge in [0.2, 0.25) is 0 Å². The van der Waals surface area contributed by atoms with Crippen LogP contribution in [0.2, 0.25) is 0 Å². The second-order valence-corrected chi connectivity index (χ2v) is 4.44. The van der Waals surface area contributed by atoms with Crippen LogP contribution in [0.4, 0.5) is 0 Å². The Balaban J connectivity index is 1.93. The lowest BCUT2D eigenvalue weighted by molar-refractivity contribution is -0.153. The van der Waals surface area contributed by atoms with Crippen molar-refractivity contribution in [1.82, 2.24) is 0 Å². The molecular formula is C13H18O3. The number of benzene rings is 1. The zero-order chi connectivity index (χ0) is 11.4. The van der Waals surface area contributed by atoms with Crippen molar-refractivity contribution in [2.24, 2.45) is 5.41 Å². The van der Waals surface area contributed by atoms with Crippen molar-refractivity contribution in [2.75, 3.05) is 26.4 Å². The molecule has 1 N–H and O–H groups in total. The minimum Gasteiger partial charge on any atom is -0.493 e. The lowest BCUT2D eigenvalue weighted by Crippen LogP contribution is -2.49. The molecule has 0 spiro atoms. The van der Waals surface area contributed by atoms with Gasteiger partial charge >= 0.3 is 0 Å². The summed E-state index contributed by atoms with van der Waals surface area (Å²) in [4.78, 5) is 0. The molecule has 0 bridgehead atoms. The molecule has 1 aromatic carbocycles. The van der Waals surface area contributed by atoms with Gasteiger partial charge in [0.05, 0.1) is 25.2 Å². The van der Waals surface area contributed by atoms with E-state index in [-0.39, 0.29) is 12.0 Å². The number of aliphatic hydroxyl groups excluding tert-OH is 1. The second kappa shape index (κ2) is 4.85. The summed E-state index contributed by atoms with van der Waals surface area (Å²) < 4.78 is 10.8. The quantitative estimate of drug-likeness (QED) is 0.823. The summed E-state index contributed by atoms with van der Waals surface area (Å²) in [7, 11) is 0. The number of aryl methyl sites for hydroxylation is 1. The van der Waals surface area contributed by atoms with Crippen LogP contribution in [0.5, 0.6) is 5.75 Å². The lowest BCUT2D eigenvalue weighted by Gasteiger charge is -2.39. The van der Waals surface area contributed by atoms with E-state index in [2.05, 4.69) is 13.0 Å². The molecule has 0 amide bonds. The average molecular weight is 222 g/mol. The first-order valence-electron chi connectivity index (χ1n) is 5.68. The largest absolute Gasteiger partial charge is 0.493 e. The number of aliphatic hydroxyl groups is 1. The van der Waals surface area contributed by atoms with E-state index in [0.717, 1.165) is 12.2 Å². The number of rotatable bonds is 5. The molecule has 2 rings (SSSR count). The molecule has 0 radical (unpaired) electrons. The Bertz CT molecular complexity index is 339. The minimum atomic E-state index is -0.178. The standard InChI is InChI=1S/C13H18O3/c1-2-11-4-3-5-12(6-11)16-10-13(7-14)8-15-9-13/h3-6,14H,2,7-10H2,1H3. The van der Waals surface area contributed by atoms with E-state index >= 15 is 0 Å². The Morgan fingerprint density at radius 3 is 2.81 bits per heavy atom. The van der Waals surface area contributed by atoms with E-state index in [1.165, 1.54) is 5.56 Å². The molecule has 1 aliphatic heterocycles. The van der Waals surface area contributed by atoms with Crippen molar-refractivity contribution in [1.29, 1.82) is 0 Å². The van der Waals surface area contributed by atoms with E-state index in [9.17, 15) is 5.11 Å². The normalized spacial score (nSPS) is 17.9. The van der Waals surface area contributed by atoms with Crippen molar-refractivity contribution in [2.45, 2.75) is 13.3 Å². The van der Waals surface area contributed by atoms with Gasteiger partial charge in [-0.25, -0.2) is 0 Å². The minimum absolute atomic E-state index is 0.125. The van der Waals surface area contributed by atoms with E-state index in [1.54, 1.807) is 0 Å². The summed E-state index contributed by atoms with van der Waals surface area (Å²) >= 11 is 0. The molecule has 0 unspecified atom stereocenters. The number of hydrogen-bond donors (Lipinski definition) is 1. The maximum Gasteiger partial charge on any atom is 0.119 e. The lowest BCUT2D eigenvalue weighted by atomic mass is 9.88. The Labute approximate surface area is 96.0 Å². The molecule has 88 valence electrons. The molecular weight excluding hydrogens is 204 g/mol. The average Bonchev–Trinajstić information content (AvgIpc) is 2.29. The Morgan fingerprint density at radius 2 is 2.25 bits per heavy atom. The predicted octanol–water partition coefficient (Wildman–Crippen LogP) is 1.64. The molecule has 1 aliphatic rings. The van der Waals surface area contributed by atoms with Crippen molar-refractivity contribution < 1.29 is 14.6 Å². The van der Waals surface area contributed by atoms with Crippen molar-refractivity contribution in [3.63, 3.8) is 0 Å². The Hall–Kier alpha value is -1.06.